The van der Waals surface area contributed by atoms with Crippen LogP contribution in [0.1, 0.15) is 46.5 Å². The van der Waals surface area contributed by atoms with Gasteiger partial charge in [0, 0.05) is 25.7 Å². The van der Waals surface area contributed by atoms with Gasteiger partial charge in [0.1, 0.15) is 5.60 Å². The molecule has 110 valence electrons. The van der Waals surface area contributed by atoms with E-state index in [0.717, 1.165) is 25.7 Å². The third kappa shape index (κ3) is 4.08. The Labute approximate surface area is 115 Å². The Morgan fingerprint density at radius 2 is 1.95 bits per heavy atom. The van der Waals surface area contributed by atoms with Crippen molar-refractivity contribution in [2.45, 2.75) is 63.7 Å². The lowest BCUT2D eigenvalue weighted by molar-refractivity contribution is -0.000793. The van der Waals surface area contributed by atoms with Crippen LogP contribution < -0.4 is 5.32 Å². The van der Waals surface area contributed by atoms with Gasteiger partial charge in [-0.2, -0.15) is 0 Å². The van der Waals surface area contributed by atoms with Gasteiger partial charge in [-0.25, -0.2) is 4.79 Å². The van der Waals surface area contributed by atoms with Gasteiger partial charge < -0.3 is 20.1 Å². The Bertz CT molecular complexity index is 326. The van der Waals surface area contributed by atoms with E-state index in [1.54, 1.807) is 4.90 Å². The number of nitrogens with zero attached hydrogens (tertiary/aromatic N) is 1. The van der Waals surface area contributed by atoms with E-state index in [1.807, 2.05) is 20.8 Å². The summed E-state index contributed by atoms with van der Waals surface area (Å²) in [4.78, 5) is 13.4. The molecule has 0 unspecified atom stereocenters. The Morgan fingerprint density at radius 3 is 2.47 bits per heavy atom. The highest BCUT2D eigenvalue weighted by Gasteiger charge is 2.36. The largest absolute Gasteiger partial charge is 0.444 e. The van der Waals surface area contributed by atoms with E-state index in [2.05, 4.69) is 5.32 Å². The van der Waals surface area contributed by atoms with Crippen LogP contribution in [0.4, 0.5) is 4.79 Å². The fraction of sp³-hybridized carbons (Fsp3) is 0.929. The third-order valence-corrected chi connectivity index (χ3v) is 3.79. The molecule has 2 aliphatic rings. The minimum Gasteiger partial charge on any atom is -0.444 e. The predicted octanol–water partition coefficient (Wildman–Crippen LogP) is 1.50. The number of rotatable bonds is 3. The minimum atomic E-state index is -0.521. The number of likely N-dealkylation sites (tertiary alicyclic amines) is 1. The van der Waals surface area contributed by atoms with Gasteiger partial charge in [0.05, 0.1) is 5.60 Å². The number of nitrogens with one attached hydrogen (secondary N) is 1. The molecule has 1 aliphatic carbocycles. The molecule has 0 aromatic rings. The molecule has 0 aromatic heterocycles. The van der Waals surface area contributed by atoms with Crippen molar-refractivity contribution in [3.63, 3.8) is 0 Å². The normalized spacial score (nSPS) is 23.3. The first kappa shape index (κ1) is 14.6. The molecular weight excluding hydrogens is 244 g/mol. The molecule has 19 heavy (non-hydrogen) atoms. The number of aliphatic hydroxyl groups is 1. The molecule has 0 aromatic carbocycles. The molecular formula is C14H26N2O3. The summed E-state index contributed by atoms with van der Waals surface area (Å²) in [6, 6.07) is 0.289. The van der Waals surface area contributed by atoms with Crippen molar-refractivity contribution in [1.82, 2.24) is 10.2 Å². The van der Waals surface area contributed by atoms with Crippen molar-refractivity contribution in [3.8, 4) is 0 Å². The van der Waals surface area contributed by atoms with Crippen LogP contribution in [0, 0.1) is 0 Å². The highest BCUT2D eigenvalue weighted by Crippen LogP contribution is 2.29. The number of carbonyl (C=O) groups is 1. The van der Waals surface area contributed by atoms with E-state index >= 15 is 0 Å². The molecule has 0 radical (unpaired) electrons. The van der Waals surface area contributed by atoms with Crippen molar-refractivity contribution in [3.05, 3.63) is 0 Å². The maximum absolute atomic E-state index is 11.7. The average Bonchev–Trinajstić information content (AvgIpc) is 2.60. The second-order valence-electron chi connectivity index (χ2n) is 6.89. The number of ether oxygens (including phenoxy) is 1. The summed E-state index contributed by atoms with van der Waals surface area (Å²) < 4.78 is 5.30. The monoisotopic (exact) mass is 270 g/mol. The Balaban J connectivity index is 1.65. The summed E-state index contributed by atoms with van der Waals surface area (Å²) in [6.07, 6.45) is 3.77. The molecule has 1 aliphatic heterocycles. The molecule has 1 heterocycles. The number of carbonyl (C=O) groups excluding carboxylic acids is 1. The zero-order chi connectivity index (χ0) is 14.1. The van der Waals surface area contributed by atoms with Gasteiger partial charge >= 0.3 is 6.09 Å². The van der Waals surface area contributed by atoms with E-state index in [0.29, 0.717) is 19.6 Å². The molecule has 1 saturated carbocycles. The Kier molecular flexibility index (Phi) is 4.06. The summed E-state index contributed by atoms with van der Waals surface area (Å²) in [7, 11) is 0. The van der Waals surface area contributed by atoms with Crippen LogP contribution >= 0.6 is 0 Å². The standard InChI is InChI=1S/C14H26N2O3/c1-13(2,3)19-12(17)16-8-11(9-16)15-10-14(18)6-4-5-7-14/h11,15,18H,4-10H2,1-3H3. The molecule has 0 spiro atoms. The molecule has 2 rings (SSSR count). The fourth-order valence-corrected chi connectivity index (χ4v) is 2.63. The summed E-state index contributed by atoms with van der Waals surface area (Å²) in [5.74, 6) is 0. The van der Waals surface area contributed by atoms with Gasteiger partial charge in [-0.3, -0.25) is 0 Å². The second kappa shape index (κ2) is 5.29. The number of hydrogen-bond donors (Lipinski definition) is 2. The van der Waals surface area contributed by atoms with Crippen molar-refractivity contribution in [2.75, 3.05) is 19.6 Å². The first-order chi connectivity index (χ1) is 8.77. The Hall–Kier alpha value is -0.810. The van der Waals surface area contributed by atoms with Crippen LogP contribution in [0.2, 0.25) is 0 Å². The van der Waals surface area contributed by atoms with Crippen LogP contribution in [0.3, 0.4) is 0 Å². The highest BCUT2D eigenvalue weighted by atomic mass is 16.6. The van der Waals surface area contributed by atoms with Crippen LogP contribution in [0.5, 0.6) is 0 Å². The van der Waals surface area contributed by atoms with E-state index < -0.39 is 11.2 Å². The lowest BCUT2D eigenvalue weighted by Gasteiger charge is -2.41. The molecule has 0 atom stereocenters. The van der Waals surface area contributed by atoms with E-state index in [9.17, 15) is 9.90 Å². The van der Waals surface area contributed by atoms with Gasteiger partial charge in [-0.1, -0.05) is 12.8 Å². The van der Waals surface area contributed by atoms with Crippen molar-refractivity contribution in [1.29, 1.82) is 0 Å². The molecule has 1 saturated heterocycles. The summed E-state index contributed by atoms with van der Waals surface area (Å²) in [6.45, 7) is 7.60. The highest BCUT2D eigenvalue weighted by molar-refractivity contribution is 5.69. The van der Waals surface area contributed by atoms with Crippen LogP contribution in [-0.4, -0.2) is 53.0 Å². The maximum Gasteiger partial charge on any atom is 0.410 e. The molecule has 1 amide bonds. The average molecular weight is 270 g/mol. The number of amides is 1. The van der Waals surface area contributed by atoms with E-state index in [-0.39, 0.29) is 12.1 Å². The summed E-state index contributed by atoms with van der Waals surface area (Å²) in [5, 5.41) is 13.6. The van der Waals surface area contributed by atoms with Crippen molar-refractivity contribution >= 4 is 6.09 Å². The van der Waals surface area contributed by atoms with Gasteiger partial charge in [0.2, 0.25) is 0 Å². The van der Waals surface area contributed by atoms with Crippen molar-refractivity contribution in [2.24, 2.45) is 0 Å². The summed E-state index contributed by atoms with van der Waals surface area (Å²) >= 11 is 0. The van der Waals surface area contributed by atoms with Crippen LogP contribution in [-0.2, 0) is 4.74 Å². The molecule has 2 fully saturated rings. The van der Waals surface area contributed by atoms with Gasteiger partial charge in [-0.05, 0) is 33.6 Å². The molecule has 2 N–H and O–H groups in total. The fourth-order valence-electron chi connectivity index (χ4n) is 2.63. The number of hydrogen-bond acceptors (Lipinski definition) is 4. The van der Waals surface area contributed by atoms with Gasteiger partial charge in [-0.15, -0.1) is 0 Å². The second-order valence-corrected chi connectivity index (χ2v) is 6.89. The first-order valence-electron chi connectivity index (χ1n) is 7.21. The molecule has 5 heteroatoms. The maximum atomic E-state index is 11.7. The topological polar surface area (TPSA) is 61.8 Å². The molecule has 0 bridgehead atoms. The van der Waals surface area contributed by atoms with Crippen LogP contribution in [0.15, 0.2) is 0 Å². The van der Waals surface area contributed by atoms with E-state index in [1.165, 1.54) is 0 Å². The van der Waals surface area contributed by atoms with Crippen LogP contribution in [0.25, 0.3) is 0 Å². The SMILES string of the molecule is CC(C)(C)OC(=O)N1CC(NCC2(O)CCCC2)C1. The first-order valence-corrected chi connectivity index (χ1v) is 7.21. The third-order valence-electron chi connectivity index (χ3n) is 3.79. The Morgan fingerprint density at radius 1 is 1.37 bits per heavy atom. The van der Waals surface area contributed by atoms with Gasteiger partial charge in [0.15, 0.2) is 0 Å². The minimum absolute atomic E-state index is 0.245. The lowest BCUT2D eigenvalue weighted by atomic mass is 10.0. The zero-order valence-electron chi connectivity index (χ0n) is 12.2. The van der Waals surface area contributed by atoms with E-state index in [4.69, 9.17) is 4.74 Å². The van der Waals surface area contributed by atoms with Crippen molar-refractivity contribution < 1.29 is 14.6 Å². The van der Waals surface area contributed by atoms with Gasteiger partial charge in [0.25, 0.3) is 0 Å². The zero-order valence-corrected chi connectivity index (χ0v) is 12.2. The summed E-state index contributed by atoms with van der Waals surface area (Å²) in [5.41, 5.74) is -0.957. The predicted molar refractivity (Wildman–Crippen MR) is 73.0 cm³/mol. The smallest absolute Gasteiger partial charge is 0.410 e. The molecule has 5 nitrogen and oxygen atoms in total. The lowest BCUT2D eigenvalue weighted by Crippen LogP contribution is -2.62. The quantitative estimate of drug-likeness (QED) is 0.816.